The van der Waals surface area contributed by atoms with Crippen LogP contribution in [0.25, 0.3) is 0 Å². The minimum absolute atomic E-state index is 0. The van der Waals surface area contributed by atoms with Gasteiger partial charge in [0.05, 0.1) is 22.8 Å². The maximum atomic E-state index is 12.2. The molecule has 0 spiro atoms. The molecule has 0 fully saturated rings. The summed E-state index contributed by atoms with van der Waals surface area (Å²) in [5.41, 5.74) is 9.97. The highest BCUT2D eigenvalue weighted by Crippen LogP contribution is 2.15. The van der Waals surface area contributed by atoms with Gasteiger partial charge in [-0.3, -0.25) is 4.18 Å². The highest BCUT2D eigenvalue weighted by Gasteiger charge is 2.19. The third kappa shape index (κ3) is 11.4. The summed E-state index contributed by atoms with van der Waals surface area (Å²) in [7, 11) is -3.46. The number of unbranched alkanes of at least 4 members (excludes halogenated alkanes) is 9. The number of hydrogen-bond acceptors (Lipinski definition) is 7. The second-order valence-corrected chi connectivity index (χ2v) is 11.4. The molecule has 0 radical (unpaired) electrons. The van der Waals surface area contributed by atoms with Crippen LogP contribution in [0.3, 0.4) is 0 Å². The van der Waals surface area contributed by atoms with Crippen molar-refractivity contribution in [1.29, 1.82) is 0 Å². The van der Waals surface area contributed by atoms with Crippen molar-refractivity contribution in [2.24, 2.45) is 0 Å². The summed E-state index contributed by atoms with van der Waals surface area (Å²) in [5, 5.41) is 0. The lowest BCUT2D eigenvalue weighted by Crippen LogP contribution is -3.00. The average molecular weight is 533 g/mol. The van der Waals surface area contributed by atoms with Gasteiger partial charge in [-0.15, -0.1) is 0 Å². The van der Waals surface area contributed by atoms with Crippen molar-refractivity contribution in [2.45, 2.75) is 97.9 Å². The molecule has 0 bridgehead atoms. The van der Waals surface area contributed by atoms with Gasteiger partial charge in [0.15, 0.2) is 12.2 Å². The van der Waals surface area contributed by atoms with Gasteiger partial charge in [-0.2, -0.15) is 13.0 Å². The van der Waals surface area contributed by atoms with Crippen molar-refractivity contribution < 1.29 is 29.6 Å². The van der Waals surface area contributed by atoms with Crippen molar-refractivity contribution in [3.8, 4) is 0 Å². The number of thiazole rings is 1. The van der Waals surface area contributed by atoms with E-state index < -0.39 is 10.1 Å². The molecule has 2 aromatic heterocycles. The van der Waals surface area contributed by atoms with Crippen LogP contribution in [0.4, 0.5) is 5.82 Å². The summed E-state index contributed by atoms with van der Waals surface area (Å²) >= 11 is 1.60. The Balaban J connectivity index is 0.00000578. The van der Waals surface area contributed by atoms with Crippen molar-refractivity contribution in [3.05, 3.63) is 33.7 Å². The summed E-state index contributed by atoms with van der Waals surface area (Å²) < 4.78 is 31.7. The average Bonchev–Trinajstić information content (AvgIpc) is 3.10. The Kier molecular flexibility index (Phi) is 14.8. The number of nitrogens with zero attached hydrogens (tertiary/aromatic N) is 3. The number of halogens is 1. The zero-order chi connectivity index (χ0) is 24.1. The van der Waals surface area contributed by atoms with Crippen LogP contribution >= 0.6 is 11.3 Å². The van der Waals surface area contributed by atoms with Gasteiger partial charge in [-0.05, 0) is 13.3 Å². The zero-order valence-electron chi connectivity index (χ0n) is 20.9. The molecule has 2 N–H and O–H groups in total. The van der Waals surface area contributed by atoms with Crippen LogP contribution in [-0.2, 0) is 27.3 Å². The second-order valence-electron chi connectivity index (χ2n) is 8.70. The molecule has 34 heavy (non-hydrogen) atoms. The van der Waals surface area contributed by atoms with Crippen molar-refractivity contribution >= 4 is 27.3 Å². The predicted octanol–water partition coefficient (Wildman–Crippen LogP) is 1.89. The van der Waals surface area contributed by atoms with Crippen molar-refractivity contribution in [1.82, 2.24) is 9.97 Å². The van der Waals surface area contributed by atoms with Gasteiger partial charge in [-0.25, -0.2) is 9.97 Å². The summed E-state index contributed by atoms with van der Waals surface area (Å²) in [5.74, 6) is 1.25. The van der Waals surface area contributed by atoms with Crippen LogP contribution in [0, 0.1) is 13.8 Å². The molecule has 0 unspecified atom stereocenters. The Morgan fingerprint density at radius 2 is 1.65 bits per heavy atom. The first kappa shape index (κ1) is 30.7. The first-order valence-corrected chi connectivity index (χ1v) is 14.7. The van der Waals surface area contributed by atoms with Crippen molar-refractivity contribution in [3.63, 3.8) is 0 Å². The SMILES string of the molecule is CCCCCCCCCCCCS(=O)(=O)OCCc1sc[n+](Cc2cnc(C)nc2N)c1C.[Cl-]. The van der Waals surface area contributed by atoms with Gasteiger partial charge in [-0.1, -0.05) is 76.0 Å². The lowest BCUT2D eigenvalue weighted by molar-refractivity contribution is -0.689. The van der Waals surface area contributed by atoms with Crippen molar-refractivity contribution in [2.75, 3.05) is 18.1 Å². The highest BCUT2D eigenvalue weighted by molar-refractivity contribution is 7.86. The predicted molar refractivity (Wildman–Crippen MR) is 135 cm³/mol. The van der Waals surface area contributed by atoms with Gasteiger partial charge in [0.25, 0.3) is 10.1 Å². The van der Waals surface area contributed by atoms with E-state index in [1.54, 1.807) is 17.5 Å². The Morgan fingerprint density at radius 1 is 1.03 bits per heavy atom. The highest BCUT2D eigenvalue weighted by atomic mass is 35.5. The molecule has 0 aliphatic heterocycles. The maximum absolute atomic E-state index is 12.2. The standard InChI is InChI=1S/C24H41N4O3S2.ClH/c1-4-5-6-7-8-9-10-11-12-13-16-33(29,30)31-15-14-23-20(2)28(19-32-23)18-22-17-26-21(3)27-24(22)25;/h17,19H,4-16,18H2,1-3H3,(H2,25,26,27);1H/q+1;/p-1. The number of anilines is 1. The third-order valence-corrected chi connectivity index (χ3v) is 8.31. The van der Waals surface area contributed by atoms with E-state index in [1.165, 1.54) is 44.9 Å². The first-order chi connectivity index (χ1) is 15.8. The Labute approximate surface area is 216 Å². The molecule has 0 aliphatic carbocycles. The third-order valence-electron chi connectivity index (χ3n) is 5.86. The molecule has 0 saturated heterocycles. The molecular formula is C24H41ClN4O3S2. The molecular weight excluding hydrogens is 492 g/mol. The van der Waals surface area contributed by atoms with E-state index in [2.05, 4.69) is 21.5 Å². The van der Waals surface area contributed by atoms with Gasteiger partial charge in [0, 0.05) is 19.5 Å². The number of nitrogens with two attached hydrogens (primary N) is 1. The topological polar surface area (TPSA) is 99.0 Å². The monoisotopic (exact) mass is 532 g/mol. The minimum Gasteiger partial charge on any atom is -1.00 e. The number of rotatable bonds is 17. The molecule has 2 aromatic rings. The van der Waals surface area contributed by atoms with Gasteiger partial charge in [0.1, 0.15) is 11.6 Å². The molecule has 7 nitrogen and oxygen atoms in total. The van der Waals surface area contributed by atoms with Crippen LogP contribution in [-0.4, -0.2) is 30.7 Å². The lowest BCUT2D eigenvalue weighted by Gasteiger charge is -2.05. The number of hydrogen-bond donors (Lipinski definition) is 1. The number of aryl methyl sites for hydroxylation is 1. The van der Waals surface area contributed by atoms with Gasteiger partial charge in [0.2, 0.25) is 5.51 Å². The van der Waals surface area contributed by atoms with E-state index in [4.69, 9.17) is 9.92 Å². The van der Waals surface area contributed by atoms with E-state index in [0.717, 1.165) is 29.0 Å². The smallest absolute Gasteiger partial charge is 0.267 e. The summed E-state index contributed by atoms with van der Waals surface area (Å²) in [6.07, 6.45) is 14.1. The van der Waals surface area contributed by atoms with E-state index in [1.807, 2.05) is 19.4 Å². The molecule has 0 amide bonds. The molecule has 194 valence electrons. The quantitative estimate of drug-likeness (QED) is 0.190. The van der Waals surface area contributed by atoms with E-state index in [-0.39, 0.29) is 24.8 Å². The minimum atomic E-state index is -3.46. The van der Waals surface area contributed by atoms with E-state index in [0.29, 0.717) is 31.0 Å². The van der Waals surface area contributed by atoms with Gasteiger partial charge >= 0.3 is 0 Å². The molecule has 0 aromatic carbocycles. The number of nitrogen functional groups attached to an aromatic ring is 1. The fourth-order valence-electron chi connectivity index (χ4n) is 3.75. The molecule has 10 heteroatoms. The fraction of sp³-hybridized carbons (Fsp3) is 0.708. The fourth-order valence-corrected chi connectivity index (χ4v) is 5.74. The lowest BCUT2D eigenvalue weighted by atomic mass is 10.1. The Bertz CT molecular complexity index is 952. The number of aromatic nitrogens is 3. The van der Waals surface area contributed by atoms with Crippen LogP contribution < -0.4 is 22.7 Å². The largest absolute Gasteiger partial charge is 1.00 e. The van der Waals surface area contributed by atoms with E-state index in [9.17, 15) is 8.42 Å². The van der Waals surface area contributed by atoms with Crippen LogP contribution in [0.5, 0.6) is 0 Å². The molecule has 0 saturated carbocycles. The molecule has 0 aliphatic rings. The van der Waals surface area contributed by atoms with Gasteiger partial charge < -0.3 is 18.1 Å². The van der Waals surface area contributed by atoms with Crippen LogP contribution in [0.2, 0.25) is 0 Å². The van der Waals surface area contributed by atoms with Crippen LogP contribution in [0.15, 0.2) is 11.7 Å². The van der Waals surface area contributed by atoms with Crippen LogP contribution in [0.1, 0.15) is 93.1 Å². The molecule has 0 atom stereocenters. The Morgan fingerprint density at radius 3 is 2.26 bits per heavy atom. The first-order valence-electron chi connectivity index (χ1n) is 12.2. The summed E-state index contributed by atoms with van der Waals surface area (Å²) in [6.45, 7) is 6.83. The molecule has 2 rings (SSSR count). The summed E-state index contributed by atoms with van der Waals surface area (Å²) in [6, 6.07) is 0. The zero-order valence-corrected chi connectivity index (χ0v) is 23.3. The summed E-state index contributed by atoms with van der Waals surface area (Å²) in [4.78, 5) is 9.54. The second kappa shape index (κ2) is 16.4. The van der Waals surface area contributed by atoms with E-state index >= 15 is 0 Å². The normalized spacial score (nSPS) is 11.5. The Hall–Kier alpha value is -1.29. The maximum Gasteiger partial charge on any atom is 0.267 e. The molecule has 2 heterocycles.